The molecule has 0 N–H and O–H groups in total. The molecular weight excluding hydrogens is 312 g/mol. The van der Waals surface area contributed by atoms with Crippen LogP contribution in [0.2, 0.25) is 0 Å². The summed E-state index contributed by atoms with van der Waals surface area (Å²) in [5, 5.41) is 4.85. The number of ketones is 1. The van der Waals surface area contributed by atoms with Gasteiger partial charge in [-0.2, -0.15) is 5.10 Å². The van der Waals surface area contributed by atoms with Gasteiger partial charge in [-0.3, -0.25) is 9.36 Å². The first kappa shape index (κ1) is 15.8. The van der Waals surface area contributed by atoms with E-state index >= 15 is 0 Å². The zero-order valence-corrected chi connectivity index (χ0v) is 14.9. The molecule has 0 saturated carbocycles. The van der Waals surface area contributed by atoms with E-state index in [0.29, 0.717) is 6.42 Å². The smallest absolute Gasteiger partial charge is 0.235 e. The van der Waals surface area contributed by atoms with Crippen molar-refractivity contribution in [3.8, 4) is 11.6 Å². The van der Waals surface area contributed by atoms with E-state index in [4.69, 9.17) is 5.10 Å². The number of aromatic nitrogens is 4. The van der Waals surface area contributed by atoms with Gasteiger partial charge in [0, 0.05) is 29.9 Å². The molecule has 25 heavy (non-hydrogen) atoms. The molecule has 0 aliphatic heterocycles. The molecule has 2 heterocycles. The minimum Gasteiger partial charge on any atom is -0.294 e. The van der Waals surface area contributed by atoms with Gasteiger partial charge in [0.1, 0.15) is 0 Å². The standard InChI is InChI=1S/C20H22N4O/c1-20(2,3)18-17-15(10-7-11-16(17)25)24(22-18)19-21-12-13-23(19)14-8-5-4-6-9-14/h4-6,8-9,12-13H,7,10-11H2,1-3H3. The van der Waals surface area contributed by atoms with E-state index in [1.807, 2.05) is 45.8 Å². The van der Waals surface area contributed by atoms with Crippen molar-refractivity contribution < 1.29 is 4.79 Å². The summed E-state index contributed by atoms with van der Waals surface area (Å²) in [6, 6.07) is 10.1. The molecule has 0 saturated heterocycles. The number of fused-ring (bicyclic) bond motifs is 1. The van der Waals surface area contributed by atoms with Crippen LogP contribution < -0.4 is 0 Å². The van der Waals surface area contributed by atoms with Gasteiger partial charge in [-0.25, -0.2) is 9.67 Å². The first-order valence-electron chi connectivity index (χ1n) is 8.71. The van der Waals surface area contributed by atoms with Gasteiger partial charge in [-0.05, 0) is 25.0 Å². The van der Waals surface area contributed by atoms with Gasteiger partial charge in [0.15, 0.2) is 5.78 Å². The number of para-hydroxylation sites is 1. The van der Waals surface area contributed by atoms with Gasteiger partial charge in [0.2, 0.25) is 5.95 Å². The van der Waals surface area contributed by atoms with Crippen molar-refractivity contribution in [3.63, 3.8) is 0 Å². The summed E-state index contributed by atoms with van der Waals surface area (Å²) in [5.41, 5.74) is 3.51. The Morgan fingerprint density at radius 1 is 1.08 bits per heavy atom. The Labute approximate surface area is 147 Å². The van der Waals surface area contributed by atoms with Crippen LogP contribution in [0.4, 0.5) is 0 Å². The number of Topliss-reactive ketones (excluding diaryl/α,β-unsaturated/α-hetero) is 1. The zero-order valence-electron chi connectivity index (χ0n) is 14.9. The summed E-state index contributed by atoms with van der Waals surface area (Å²) in [7, 11) is 0. The molecule has 0 fully saturated rings. The Bertz CT molecular complexity index is 929. The van der Waals surface area contributed by atoms with Crippen LogP contribution in [0.15, 0.2) is 42.7 Å². The number of nitrogens with zero attached hydrogens (tertiary/aromatic N) is 4. The first-order valence-corrected chi connectivity index (χ1v) is 8.71. The monoisotopic (exact) mass is 334 g/mol. The molecular formula is C20H22N4O. The van der Waals surface area contributed by atoms with Gasteiger partial charge < -0.3 is 0 Å². The van der Waals surface area contributed by atoms with E-state index in [9.17, 15) is 4.79 Å². The van der Waals surface area contributed by atoms with Gasteiger partial charge >= 0.3 is 0 Å². The van der Waals surface area contributed by atoms with E-state index in [1.165, 1.54) is 0 Å². The summed E-state index contributed by atoms with van der Waals surface area (Å²) < 4.78 is 3.89. The Hall–Kier alpha value is -2.69. The third-order valence-corrected chi connectivity index (χ3v) is 4.63. The Morgan fingerprint density at radius 3 is 2.56 bits per heavy atom. The summed E-state index contributed by atoms with van der Waals surface area (Å²) in [5.74, 6) is 0.933. The van der Waals surface area contributed by atoms with Crippen molar-refractivity contribution in [2.24, 2.45) is 0 Å². The molecule has 4 rings (SSSR count). The molecule has 1 aliphatic carbocycles. The van der Waals surface area contributed by atoms with Crippen molar-refractivity contribution in [2.45, 2.75) is 45.4 Å². The highest BCUT2D eigenvalue weighted by Crippen LogP contribution is 2.33. The maximum Gasteiger partial charge on any atom is 0.235 e. The van der Waals surface area contributed by atoms with Crippen molar-refractivity contribution in [2.75, 3.05) is 0 Å². The second kappa shape index (κ2) is 5.69. The summed E-state index contributed by atoms with van der Waals surface area (Å²) in [4.78, 5) is 17.2. The molecule has 1 aliphatic rings. The van der Waals surface area contributed by atoms with E-state index in [0.717, 1.165) is 41.4 Å². The van der Waals surface area contributed by atoms with Crippen LogP contribution in [0.1, 0.15) is 55.4 Å². The lowest BCUT2D eigenvalue weighted by Crippen LogP contribution is -2.19. The van der Waals surface area contributed by atoms with Crippen molar-refractivity contribution in [1.29, 1.82) is 0 Å². The Morgan fingerprint density at radius 2 is 1.84 bits per heavy atom. The normalized spacial score (nSPS) is 14.6. The molecule has 0 spiro atoms. The van der Waals surface area contributed by atoms with E-state index in [2.05, 4.69) is 25.8 Å². The lowest BCUT2D eigenvalue weighted by atomic mass is 9.84. The summed E-state index contributed by atoms with van der Waals surface area (Å²) in [6.45, 7) is 6.31. The predicted octanol–water partition coefficient (Wildman–Crippen LogP) is 3.87. The number of carbonyl (C=O) groups is 1. The highest BCUT2D eigenvalue weighted by atomic mass is 16.1. The highest BCUT2D eigenvalue weighted by Gasteiger charge is 2.33. The second-order valence-electron chi connectivity index (χ2n) is 7.54. The first-order chi connectivity index (χ1) is 12.0. The predicted molar refractivity (Wildman–Crippen MR) is 96.7 cm³/mol. The molecule has 128 valence electrons. The van der Waals surface area contributed by atoms with Gasteiger partial charge in [0.25, 0.3) is 0 Å². The second-order valence-corrected chi connectivity index (χ2v) is 7.54. The largest absolute Gasteiger partial charge is 0.294 e. The fourth-order valence-corrected chi connectivity index (χ4v) is 3.45. The summed E-state index contributed by atoms with van der Waals surface area (Å²) >= 11 is 0. The van der Waals surface area contributed by atoms with E-state index in [1.54, 1.807) is 6.20 Å². The van der Waals surface area contributed by atoms with Crippen LogP contribution in [-0.2, 0) is 11.8 Å². The maximum atomic E-state index is 12.6. The van der Waals surface area contributed by atoms with Crippen molar-refractivity contribution in [1.82, 2.24) is 19.3 Å². The van der Waals surface area contributed by atoms with Crippen molar-refractivity contribution in [3.05, 3.63) is 59.7 Å². The van der Waals surface area contributed by atoms with Crippen LogP contribution in [0, 0.1) is 0 Å². The van der Waals surface area contributed by atoms with Crippen LogP contribution >= 0.6 is 0 Å². The molecule has 5 heteroatoms. The molecule has 0 bridgehead atoms. The number of benzene rings is 1. The fourth-order valence-electron chi connectivity index (χ4n) is 3.45. The minimum atomic E-state index is -0.188. The molecule has 1 aromatic carbocycles. The maximum absolute atomic E-state index is 12.6. The van der Waals surface area contributed by atoms with Gasteiger partial charge in [0.05, 0.1) is 17.0 Å². The SMILES string of the molecule is CC(C)(C)c1nn(-c2nccn2-c2ccccc2)c2c1C(=O)CCC2. The number of hydrogen-bond acceptors (Lipinski definition) is 3. The number of hydrogen-bond donors (Lipinski definition) is 0. The van der Waals surface area contributed by atoms with E-state index in [-0.39, 0.29) is 11.2 Å². The average molecular weight is 334 g/mol. The zero-order chi connectivity index (χ0) is 17.6. The third-order valence-electron chi connectivity index (χ3n) is 4.63. The molecule has 5 nitrogen and oxygen atoms in total. The number of imidazole rings is 1. The van der Waals surface area contributed by atoms with Crippen molar-refractivity contribution >= 4 is 5.78 Å². The molecule has 0 unspecified atom stereocenters. The Kier molecular flexibility index (Phi) is 3.60. The molecule has 2 aromatic heterocycles. The van der Waals surface area contributed by atoms with Crippen LogP contribution in [0.3, 0.4) is 0 Å². The van der Waals surface area contributed by atoms with Crippen LogP contribution in [-0.4, -0.2) is 25.1 Å². The quantitative estimate of drug-likeness (QED) is 0.715. The number of rotatable bonds is 2. The molecule has 0 amide bonds. The van der Waals surface area contributed by atoms with Gasteiger partial charge in [-0.1, -0.05) is 39.0 Å². The van der Waals surface area contributed by atoms with Crippen LogP contribution in [0.25, 0.3) is 11.6 Å². The van der Waals surface area contributed by atoms with Crippen LogP contribution in [0.5, 0.6) is 0 Å². The highest BCUT2D eigenvalue weighted by molar-refractivity contribution is 5.99. The number of carbonyl (C=O) groups excluding carboxylic acids is 1. The third kappa shape index (κ3) is 2.60. The van der Waals surface area contributed by atoms with Gasteiger partial charge in [-0.15, -0.1) is 0 Å². The molecule has 0 radical (unpaired) electrons. The topological polar surface area (TPSA) is 52.7 Å². The molecule has 3 aromatic rings. The summed E-state index contributed by atoms with van der Waals surface area (Å²) in [6.07, 6.45) is 6.03. The average Bonchev–Trinajstić information content (AvgIpc) is 3.20. The molecule has 0 atom stereocenters. The Balaban J connectivity index is 1.94. The van der Waals surface area contributed by atoms with E-state index < -0.39 is 0 Å². The minimum absolute atomic E-state index is 0.188. The fraction of sp³-hybridized carbons (Fsp3) is 0.350. The lowest BCUT2D eigenvalue weighted by Gasteiger charge is -2.18. The lowest BCUT2D eigenvalue weighted by molar-refractivity contribution is 0.0970.